The fourth-order valence-electron chi connectivity index (χ4n) is 1.64. The highest BCUT2D eigenvalue weighted by atomic mass is 16.5. The van der Waals surface area contributed by atoms with E-state index in [-0.39, 0.29) is 16.9 Å². The van der Waals surface area contributed by atoms with Crippen LogP contribution >= 0.6 is 0 Å². The molecule has 0 aliphatic rings. The molecule has 0 saturated carbocycles. The molecule has 0 bridgehead atoms. The molecule has 0 heterocycles. The number of carboxylic acids is 1. The van der Waals surface area contributed by atoms with Crippen molar-refractivity contribution in [3.63, 3.8) is 0 Å². The first kappa shape index (κ1) is 15.0. The molecule has 2 rings (SSSR count). The van der Waals surface area contributed by atoms with Crippen LogP contribution in [0.15, 0.2) is 48.5 Å². The zero-order valence-electron chi connectivity index (χ0n) is 11.1. The Bertz CT molecular complexity index is 706. The summed E-state index contributed by atoms with van der Waals surface area (Å²) in [6, 6.07) is 11.1. The summed E-state index contributed by atoms with van der Waals surface area (Å²) in [4.78, 5) is 33.1. The highest BCUT2D eigenvalue weighted by Crippen LogP contribution is 2.16. The first-order chi connectivity index (χ1) is 10.5. The van der Waals surface area contributed by atoms with Crippen LogP contribution in [-0.2, 0) is 0 Å². The number of hydrogen-bond donors (Lipinski definition) is 3. The second-order valence-electron chi connectivity index (χ2n) is 4.23. The number of ether oxygens (including phenoxy) is 1. The zero-order valence-corrected chi connectivity index (χ0v) is 11.1. The Labute approximate surface area is 124 Å². The lowest BCUT2D eigenvalue weighted by Gasteiger charge is -2.06. The molecule has 0 radical (unpaired) electrons. The van der Waals surface area contributed by atoms with E-state index in [1.165, 1.54) is 48.5 Å². The quantitative estimate of drug-likeness (QED) is 0.591. The predicted molar refractivity (Wildman–Crippen MR) is 76.4 cm³/mol. The van der Waals surface area contributed by atoms with Crippen LogP contribution in [0.1, 0.15) is 20.7 Å². The highest BCUT2D eigenvalue weighted by molar-refractivity contribution is 5.92. The molecular weight excluding hydrogens is 290 g/mol. The molecule has 0 aliphatic carbocycles. The van der Waals surface area contributed by atoms with Gasteiger partial charge in [-0.3, -0.25) is 5.32 Å². The van der Waals surface area contributed by atoms with E-state index in [0.29, 0.717) is 5.69 Å². The molecule has 1 amide bonds. The molecule has 7 nitrogen and oxygen atoms in total. The van der Waals surface area contributed by atoms with Gasteiger partial charge >= 0.3 is 18.0 Å². The Kier molecular flexibility index (Phi) is 4.38. The maximum absolute atomic E-state index is 11.9. The van der Waals surface area contributed by atoms with E-state index >= 15 is 0 Å². The van der Waals surface area contributed by atoms with E-state index in [4.69, 9.17) is 14.9 Å². The first-order valence-corrected chi connectivity index (χ1v) is 6.11. The number of benzene rings is 2. The highest BCUT2D eigenvalue weighted by Gasteiger charge is 2.10. The first-order valence-electron chi connectivity index (χ1n) is 6.11. The van der Waals surface area contributed by atoms with E-state index in [9.17, 15) is 14.4 Å². The van der Waals surface area contributed by atoms with Crippen molar-refractivity contribution in [2.45, 2.75) is 0 Å². The van der Waals surface area contributed by atoms with Crippen LogP contribution in [0.2, 0.25) is 0 Å². The lowest BCUT2D eigenvalue weighted by molar-refractivity contribution is 0.0696. The second-order valence-corrected chi connectivity index (χ2v) is 4.23. The van der Waals surface area contributed by atoms with Crippen LogP contribution in [0, 0.1) is 0 Å². The van der Waals surface area contributed by atoms with Gasteiger partial charge < -0.3 is 14.9 Å². The van der Waals surface area contributed by atoms with Crippen molar-refractivity contribution < 1.29 is 29.3 Å². The standard InChI is InChI=1S/C15H11NO6/c17-13(18)9-3-7-12(8-4-9)22-14(19)10-1-5-11(6-2-10)16-15(20)21/h1-8,16H,(H,17,18)(H,20,21). The number of rotatable bonds is 4. The van der Waals surface area contributed by atoms with Crippen molar-refractivity contribution in [3.05, 3.63) is 59.7 Å². The summed E-state index contributed by atoms with van der Waals surface area (Å²) < 4.78 is 5.09. The third kappa shape index (κ3) is 3.83. The summed E-state index contributed by atoms with van der Waals surface area (Å²) in [6.45, 7) is 0. The fraction of sp³-hybridized carbons (Fsp3) is 0. The molecule has 0 aliphatic heterocycles. The number of carbonyl (C=O) groups is 3. The molecule has 7 heteroatoms. The molecule has 22 heavy (non-hydrogen) atoms. The average molecular weight is 301 g/mol. The van der Waals surface area contributed by atoms with Crippen LogP contribution in [0.25, 0.3) is 0 Å². The number of esters is 1. The lowest BCUT2D eigenvalue weighted by atomic mass is 10.2. The Hall–Kier alpha value is -3.35. The number of aromatic carboxylic acids is 1. The predicted octanol–water partition coefficient (Wildman–Crippen LogP) is 2.69. The minimum absolute atomic E-state index is 0.0869. The maximum Gasteiger partial charge on any atom is 0.409 e. The summed E-state index contributed by atoms with van der Waals surface area (Å²) in [6.07, 6.45) is -1.20. The summed E-state index contributed by atoms with van der Waals surface area (Å²) in [5.41, 5.74) is 0.650. The Morgan fingerprint density at radius 3 is 1.86 bits per heavy atom. The van der Waals surface area contributed by atoms with Gasteiger partial charge in [0.2, 0.25) is 0 Å². The van der Waals surface area contributed by atoms with Gasteiger partial charge in [-0.25, -0.2) is 14.4 Å². The number of nitrogens with one attached hydrogen (secondary N) is 1. The molecule has 0 fully saturated rings. The third-order valence-corrected chi connectivity index (χ3v) is 2.68. The Balaban J connectivity index is 2.05. The van der Waals surface area contributed by atoms with Gasteiger partial charge in [-0.15, -0.1) is 0 Å². The molecule has 0 aromatic heterocycles. The Morgan fingerprint density at radius 1 is 0.818 bits per heavy atom. The molecule has 2 aromatic carbocycles. The minimum Gasteiger partial charge on any atom is -0.478 e. The Morgan fingerprint density at radius 2 is 1.36 bits per heavy atom. The molecule has 0 saturated heterocycles. The summed E-state index contributed by atoms with van der Waals surface area (Å²) in [7, 11) is 0. The third-order valence-electron chi connectivity index (χ3n) is 2.68. The summed E-state index contributed by atoms with van der Waals surface area (Å²) in [5.74, 6) is -1.49. The largest absolute Gasteiger partial charge is 0.478 e. The van der Waals surface area contributed by atoms with Crippen molar-refractivity contribution >= 4 is 23.7 Å². The van der Waals surface area contributed by atoms with Crippen molar-refractivity contribution in [3.8, 4) is 5.75 Å². The number of carbonyl (C=O) groups excluding carboxylic acids is 1. The van der Waals surface area contributed by atoms with Crippen molar-refractivity contribution in [1.29, 1.82) is 0 Å². The maximum atomic E-state index is 11.9. The fourth-order valence-corrected chi connectivity index (χ4v) is 1.64. The number of hydrogen-bond acceptors (Lipinski definition) is 4. The number of carboxylic acid groups (broad SMARTS) is 2. The molecular formula is C15H11NO6. The monoisotopic (exact) mass is 301 g/mol. The van der Waals surface area contributed by atoms with Crippen LogP contribution < -0.4 is 10.1 Å². The topological polar surface area (TPSA) is 113 Å². The van der Waals surface area contributed by atoms with Gasteiger partial charge in [-0.05, 0) is 48.5 Å². The average Bonchev–Trinajstić information content (AvgIpc) is 2.48. The summed E-state index contributed by atoms with van der Waals surface area (Å²) in [5, 5.41) is 19.5. The normalized spacial score (nSPS) is 9.82. The van der Waals surface area contributed by atoms with Crippen molar-refractivity contribution in [1.82, 2.24) is 0 Å². The van der Waals surface area contributed by atoms with Crippen LogP contribution in [0.5, 0.6) is 5.75 Å². The molecule has 112 valence electrons. The van der Waals surface area contributed by atoms with Gasteiger partial charge in [-0.1, -0.05) is 0 Å². The molecule has 0 unspecified atom stereocenters. The zero-order chi connectivity index (χ0) is 16.1. The van der Waals surface area contributed by atoms with Crippen LogP contribution in [-0.4, -0.2) is 28.2 Å². The van der Waals surface area contributed by atoms with Gasteiger partial charge in [-0.2, -0.15) is 0 Å². The van der Waals surface area contributed by atoms with Crippen molar-refractivity contribution in [2.24, 2.45) is 0 Å². The van der Waals surface area contributed by atoms with Gasteiger partial charge in [0.05, 0.1) is 11.1 Å². The molecule has 3 N–H and O–H groups in total. The molecule has 0 atom stereocenters. The van der Waals surface area contributed by atoms with E-state index < -0.39 is 18.0 Å². The van der Waals surface area contributed by atoms with Gasteiger partial charge in [0.1, 0.15) is 5.75 Å². The van der Waals surface area contributed by atoms with Gasteiger partial charge in [0, 0.05) is 5.69 Å². The second kappa shape index (κ2) is 6.40. The van der Waals surface area contributed by atoms with Gasteiger partial charge in [0.25, 0.3) is 0 Å². The van der Waals surface area contributed by atoms with Crippen LogP contribution in [0.3, 0.4) is 0 Å². The van der Waals surface area contributed by atoms with E-state index in [2.05, 4.69) is 5.32 Å². The van der Waals surface area contributed by atoms with E-state index in [1.807, 2.05) is 0 Å². The van der Waals surface area contributed by atoms with Gasteiger partial charge in [0.15, 0.2) is 0 Å². The van der Waals surface area contributed by atoms with Crippen molar-refractivity contribution in [2.75, 3.05) is 5.32 Å². The lowest BCUT2D eigenvalue weighted by Crippen LogP contribution is -2.10. The summed E-state index contributed by atoms with van der Waals surface area (Å²) >= 11 is 0. The number of amides is 1. The number of anilines is 1. The SMILES string of the molecule is O=C(O)Nc1ccc(C(=O)Oc2ccc(C(=O)O)cc2)cc1. The molecule has 2 aromatic rings. The smallest absolute Gasteiger partial charge is 0.409 e. The minimum atomic E-state index is -1.20. The van der Waals surface area contributed by atoms with E-state index in [0.717, 1.165) is 0 Å². The molecule has 0 spiro atoms. The van der Waals surface area contributed by atoms with E-state index in [1.54, 1.807) is 0 Å². The van der Waals surface area contributed by atoms with Crippen LogP contribution in [0.4, 0.5) is 10.5 Å².